The molecule has 7 heterocycles. The number of benzene rings is 2. The molecule has 0 amide bonds. The minimum absolute atomic E-state index is 0.718. The van der Waals surface area contributed by atoms with Gasteiger partial charge in [0.05, 0.1) is 33.0 Å². The fraction of sp³-hybridized carbons (Fsp3) is 0.411. The van der Waals surface area contributed by atoms with E-state index in [1.807, 2.05) is 218 Å². The number of aromatic nitrogens is 7. The first-order valence-electron chi connectivity index (χ1n) is 24.1. The Morgan fingerprint density at radius 2 is 1.13 bits per heavy atom. The number of hydrogen-bond acceptors (Lipinski definition) is 10. The van der Waals surface area contributed by atoms with Gasteiger partial charge in [-0.25, -0.2) is 15.0 Å². The number of fused-ring (bicyclic) bond motifs is 2. The predicted molar refractivity (Wildman–Crippen MR) is 304 cm³/mol. The molecule has 0 spiro atoms. The summed E-state index contributed by atoms with van der Waals surface area (Å²) in [7, 11) is 0. The van der Waals surface area contributed by atoms with Crippen molar-refractivity contribution >= 4 is 49.4 Å². The summed E-state index contributed by atoms with van der Waals surface area (Å²) in [5, 5.41) is 6.75. The molecule has 374 valence electrons. The number of aromatic amines is 1. The Labute approximate surface area is 417 Å². The number of hydrogen-bond donors (Lipinski definition) is 1. The summed E-state index contributed by atoms with van der Waals surface area (Å²) in [6.45, 7) is 44.7. The Morgan fingerprint density at radius 3 is 1.46 bits per heavy atom. The zero-order valence-electron chi connectivity index (χ0n) is 45.8. The van der Waals surface area contributed by atoms with E-state index in [4.69, 9.17) is 4.42 Å². The van der Waals surface area contributed by atoms with Gasteiger partial charge in [-0.1, -0.05) is 159 Å². The summed E-state index contributed by atoms with van der Waals surface area (Å²) in [6.07, 6.45) is 17.9. The third-order valence-electron chi connectivity index (χ3n) is 6.39. The molecule has 9 nitrogen and oxygen atoms in total. The number of H-pyrrole nitrogens is 1. The van der Waals surface area contributed by atoms with Crippen molar-refractivity contribution in [2.24, 2.45) is 4.99 Å². The maximum absolute atomic E-state index is 4.72. The second-order valence-electron chi connectivity index (χ2n) is 10.5. The minimum atomic E-state index is 0.718. The molecule has 1 aliphatic rings. The zero-order chi connectivity index (χ0) is 52.5. The number of aliphatic imine (C=N–C) groups is 1. The first-order valence-corrected chi connectivity index (χ1v) is 25.8. The smallest absolute Gasteiger partial charge is 0.190 e. The molecule has 9 rings (SSSR count). The number of nitrogens with zero attached hydrogens (tertiary/aromatic N) is 7. The van der Waals surface area contributed by atoms with Gasteiger partial charge in [-0.15, -0.1) is 22.7 Å². The van der Waals surface area contributed by atoms with Crippen molar-refractivity contribution in [3.63, 3.8) is 0 Å². The van der Waals surface area contributed by atoms with Crippen LogP contribution in [0.5, 0.6) is 0 Å². The number of pyridine rings is 2. The minimum Gasteiger partial charge on any atom is -0.449 e. The molecule has 8 aromatic rings. The van der Waals surface area contributed by atoms with Crippen molar-refractivity contribution in [1.29, 1.82) is 0 Å². The molecule has 0 bridgehead atoms. The maximum atomic E-state index is 4.72. The molecule has 1 aliphatic heterocycles. The summed E-state index contributed by atoms with van der Waals surface area (Å²) in [5.41, 5.74) is 3.36. The molecular formula is C56H92N8OS2. The van der Waals surface area contributed by atoms with Crippen LogP contribution in [-0.2, 0) is 0 Å². The van der Waals surface area contributed by atoms with Gasteiger partial charge in [0.1, 0.15) is 12.1 Å². The van der Waals surface area contributed by atoms with Crippen LogP contribution < -0.4 is 0 Å². The monoisotopic (exact) mass is 957 g/mol. The number of allylic oxidation sites excluding steroid dienone is 1. The van der Waals surface area contributed by atoms with Crippen LogP contribution in [0.15, 0.2) is 149 Å². The summed E-state index contributed by atoms with van der Waals surface area (Å²) in [5.74, 6) is 1.69. The molecule has 6 aromatic heterocycles. The lowest BCUT2D eigenvalue weighted by Gasteiger charge is -1.97. The lowest BCUT2D eigenvalue weighted by atomic mass is 10.1. The topological polar surface area (TPSA) is 119 Å². The first kappa shape index (κ1) is 72.9. The van der Waals surface area contributed by atoms with Crippen LogP contribution in [-0.4, -0.2) is 47.1 Å². The Balaban J connectivity index is -0.000000156. The quantitative estimate of drug-likeness (QED) is 0.161. The molecule has 0 saturated heterocycles. The lowest BCUT2D eigenvalue weighted by Crippen LogP contribution is -1.80. The van der Waals surface area contributed by atoms with Crippen molar-refractivity contribution < 1.29 is 4.42 Å². The number of oxazole rings is 1. The number of para-hydroxylation sites is 1. The molecule has 0 aliphatic carbocycles. The summed E-state index contributed by atoms with van der Waals surface area (Å²) in [6, 6.07) is 24.2. The van der Waals surface area contributed by atoms with E-state index in [0.717, 1.165) is 45.2 Å². The molecule has 67 heavy (non-hydrogen) atoms. The number of imidazole rings is 1. The number of rotatable bonds is 0. The van der Waals surface area contributed by atoms with Gasteiger partial charge in [0.25, 0.3) is 0 Å². The van der Waals surface area contributed by atoms with E-state index in [0.29, 0.717) is 0 Å². The van der Waals surface area contributed by atoms with E-state index in [-0.39, 0.29) is 0 Å². The molecular weight excluding hydrogens is 865 g/mol. The fourth-order valence-corrected chi connectivity index (χ4v) is 5.24. The number of aryl methyl sites for hydroxylation is 5. The Morgan fingerprint density at radius 1 is 0.537 bits per heavy atom. The Bertz CT molecular complexity index is 1950. The van der Waals surface area contributed by atoms with E-state index in [9.17, 15) is 0 Å². The highest BCUT2D eigenvalue weighted by Gasteiger charge is 1.96. The van der Waals surface area contributed by atoms with Crippen LogP contribution >= 0.6 is 22.7 Å². The van der Waals surface area contributed by atoms with E-state index in [2.05, 4.69) is 64.2 Å². The predicted octanol–water partition coefficient (Wildman–Crippen LogP) is 18.6. The molecule has 0 saturated carbocycles. The molecule has 2 aromatic carbocycles. The average molecular weight is 958 g/mol. The first-order chi connectivity index (χ1) is 32.8. The van der Waals surface area contributed by atoms with Crippen LogP contribution in [0, 0.1) is 34.6 Å². The molecule has 0 fully saturated rings. The van der Waals surface area contributed by atoms with E-state index < -0.39 is 0 Å². The highest BCUT2D eigenvalue weighted by molar-refractivity contribution is 7.18. The van der Waals surface area contributed by atoms with Crippen molar-refractivity contribution in [1.82, 2.24) is 34.9 Å². The van der Waals surface area contributed by atoms with E-state index in [1.54, 1.807) is 73.0 Å². The molecule has 0 radical (unpaired) electrons. The molecule has 0 unspecified atom stereocenters. The van der Waals surface area contributed by atoms with E-state index >= 15 is 0 Å². The van der Waals surface area contributed by atoms with Gasteiger partial charge >= 0.3 is 0 Å². The Kier molecular flexibility index (Phi) is 65.7. The van der Waals surface area contributed by atoms with Crippen LogP contribution in [0.1, 0.15) is 145 Å². The van der Waals surface area contributed by atoms with Crippen LogP contribution in [0.3, 0.4) is 0 Å². The normalized spacial score (nSPS) is 8.72. The molecule has 11 heteroatoms. The van der Waals surface area contributed by atoms with Gasteiger partial charge in [-0.3, -0.25) is 19.9 Å². The number of nitrogens with one attached hydrogen (secondary N) is 1. The van der Waals surface area contributed by atoms with Gasteiger partial charge in [0.2, 0.25) is 0 Å². The molecule has 1 N–H and O–H groups in total. The fourth-order valence-electron chi connectivity index (χ4n) is 3.98. The molecule has 0 atom stereocenters. The van der Waals surface area contributed by atoms with Gasteiger partial charge in [0, 0.05) is 66.3 Å². The zero-order valence-corrected chi connectivity index (χ0v) is 47.5. The van der Waals surface area contributed by atoms with Crippen LogP contribution in [0.25, 0.3) is 21.0 Å². The lowest BCUT2D eigenvalue weighted by molar-refractivity contribution is 0.521. The average Bonchev–Trinajstić information content (AvgIpc) is 4.31. The van der Waals surface area contributed by atoms with Gasteiger partial charge in [-0.2, -0.15) is 0 Å². The largest absolute Gasteiger partial charge is 0.449 e. The summed E-state index contributed by atoms with van der Waals surface area (Å²) < 4.78 is 6.00. The van der Waals surface area contributed by atoms with Crippen molar-refractivity contribution in [3.8, 4) is 0 Å². The van der Waals surface area contributed by atoms with Crippen LogP contribution in [0.4, 0.5) is 0 Å². The second kappa shape index (κ2) is 60.4. The summed E-state index contributed by atoms with van der Waals surface area (Å²) in [4.78, 5) is 30.8. The Hall–Kier alpha value is -5.65. The summed E-state index contributed by atoms with van der Waals surface area (Å²) >= 11 is 3.41. The highest BCUT2D eigenvalue weighted by Crippen LogP contribution is 2.20. The van der Waals surface area contributed by atoms with Gasteiger partial charge < -0.3 is 9.40 Å². The van der Waals surface area contributed by atoms with Gasteiger partial charge in [-0.05, 0) is 76.4 Å². The van der Waals surface area contributed by atoms with Crippen molar-refractivity contribution in [2.45, 2.75) is 152 Å². The van der Waals surface area contributed by atoms with Crippen LogP contribution in [0.2, 0.25) is 0 Å². The third-order valence-corrected chi connectivity index (χ3v) is 8.05. The van der Waals surface area contributed by atoms with Crippen molar-refractivity contribution in [3.05, 3.63) is 167 Å². The van der Waals surface area contributed by atoms with Gasteiger partial charge in [0.15, 0.2) is 5.89 Å². The number of thiazole rings is 2. The third kappa shape index (κ3) is 44.0. The standard InChI is InChI=1S/C10H9N.C8H7NS.C5H7N.C5H5N.C4H6N2.C4H5NO.C4H5NS.8C2H6/c1-8-10-5-3-2-4-9(10)6-7-11-8;1-6-9-7-4-2-3-5-8(7)10-6;1-5-3-2-4-6-5;1-2-4-6-5-3-1;3*1-4-5-2-3-6-4;8*1-2/h2-7H,1H3;2-5H,1H3;2-3H,4H2,1H3;1-5H;2-3H,1H3,(H,5,6);2*2-3H,1H3;8*1-2H3. The second-order valence-corrected chi connectivity index (χ2v) is 12.8. The maximum Gasteiger partial charge on any atom is 0.190 e. The van der Waals surface area contributed by atoms with Crippen molar-refractivity contribution in [2.75, 3.05) is 6.54 Å². The SMILES string of the molecule is CC.CC.CC.CC.CC.CC.CC.CC.CC1=NCC=C1.Cc1nc2ccccc2s1.Cc1ncc[nH]1.Cc1nccc2ccccc12.Cc1ncco1.Cc1nccs1.c1ccncc1. The van der Waals surface area contributed by atoms with E-state index in [1.165, 1.54) is 15.5 Å². The highest BCUT2D eigenvalue weighted by atomic mass is 32.1.